The summed E-state index contributed by atoms with van der Waals surface area (Å²) < 4.78 is 0. The Bertz CT molecular complexity index is 524. The molecule has 0 aromatic heterocycles. The molecule has 1 atom stereocenters. The number of allylic oxidation sites excluding steroid dienone is 4. The SMILES string of the molecule is N=C1SC(CC2C/C=C\CCCC2)=C/C1=C/NC1CCCCCCC1. The zero-order chi connectivity index (χ0) is 17.3. The van der Waals surface area contributed by atoms with E-state index >= 15 is 0 Å². The summed E-state index contributed by atoms with van der Waals surface area (Å²) in [5.74, 6) is 0.765. The van der Waals surface area contributed by atoms with E-state index in [1.54, 1.807) is 11.8 Å². The van der Waals surface area contributed by atoms with Crippen molar-refractivity contribution in [3.8, 4) is 0 Å². The van der Waals surface area contributed by atoms with E-state index in [0.717, 1.165) is 23.0 Å². The van der Waals surface area contributed by atoms with E-state index in [1.807, 2.05) is 0 Å². The van der Waals surface area contributed by atoms with Gasteiger partial charge in [-0.3, -0.25) is 5.41 Å². The molecule has 3 rings (SSSR count). The van der Waals surface area contributed by atoms with Crippen LogP contribution in [0.4, 0.5) is 0 Å². The van der Waals surface area contributed by atoms with Crippen molar-refractivity contribution in [2.75, 3.05) is 0 Å². The summed E-state index contributed by atoms with van der Waals surface area (Å²) in [5.41, 5.74) is 1.10. The molecule has 2 N–H and O–H groups in total. The first-order chi connectivity index (χ1) is 12.3. The van der Waals surface area contributed by atoms with Crippen molar-refractivity contribution in [1.29, 1.82) is 5.41 Å². The van der Waals surface area contributed by atoms with Gasteiger partial charge in [-0.1, -0.05) is 62.4 Å². The van der Waals surface area contributed by atoms with Gasteiger partial charge >= 0.3 is 0 Å². The van der Waals surface area contributed by atoms with Gasteiger partial charge in [0, 0.05) is 17.8 Å². The molecule has 25 heavy (non-hydrogen) atoms. The Labute approximate surface area is 158 Å². The topological polar surface area (TPSA) is 35.9 Å². The summed E-state index contributed by atoms with van der Waals surface area (Å²) in [6.07, 6.45) is 26.3. The van der Waals surface area contributed by atoms with Gasteiger partial charge < -0.3 is 5.32 Å². The van der Waals surface area contributed by atoms with Crippen molar-refractivity contribution in [1.82, 2.24) is 5.32 Å². The van der Waals surface area contributed by atoms with Crippen molar-refractivity contribution >= 4 is 16.8 Å². The summed E-state index contributed by atoms with van der Waals surface area (Å²) >= 11 is 1.69. The molecule has 2 nitrogen and oxygen atoms in total. The lowest BCUT2D eigenvalue weighted by Gasteiger charge is -2.20. The Morgan fingerprint density at radius 2 is 1.76 bits per heavy atom. The van der Waals surface area contributed by atoms with Gasteiger partial charge in [0.1, 0.15) is 5.04 Å². The molecule has 0 saturated heterocycles. The predicted octanol–water partition coefficient (Wildman–Crippen LogP) is 6.71. The molecule has 1 heterocycles. The molecule has 1 unspecified atom stereocenters. The summed E-state index contributed by atoms with van der Waals surface area (Å²) in [6.45, 7) is 0. The van der Waals surface area contributed by atoms with Gasteiger partial charge in [-0.2, -0.15) is 0 Å². The zero-order valence-electron chi connectivity index (χ0n) is 15.6. The lowest BCUT2D eigenvalue weighted by Crippen LogP contribution is -2.25. The van der Waals surface area contributed by atoms with E-state index in [1.165, 1.54) is 82.0 Å². The van der Waals surface area contributed by atoms with Crippen LogP contribution in [0.15, 0.2) is 34.9 Å². The van der Waals surface area contributed by atoms with Crippen LogP contribution >= 0.6 is 11.8 Å². The number of hydrogen-bond donors (Lipinski definition) is 2. The van der Waals surface area contributed by atoms with Crippen LogP contribution in [0, 0.1) is 11.3 Å². The molecule has 1 fully saturated rings. The van der Waals surface area contributed by atoms with Crippen LogP contribution in [0.3, 0.4) is 0 Å². The van der Waals surface area contributed by atoms with Crippen LogP contribution < -0.4 is 5.32 Å². The average Bonchev–Trinajstić information content (AvgIpc) is 2.88. The van der Waals surface area contributed by atoms with E-state index in [9.17, 15) is 0 Å². The van der Waals surface area contributed by atoms with E-state index in [4.69, 9.17) is 5.41 Å². The fourth-order valence-corrected chi connectivity index (χ4v) is 5.19. The van der Waals surface area contributed by atoms with Crippen molar-refractivity contribution in [3.63, 3.8) is 0 Å². The Morgan fingerprint density at radius 1 is 1.00 bits per heavy atom. The summed E-state index contributed by atoms with van der Waals surface area (Å²) in [6, 6.07) is 0.610. The third kappa shape index (κ3) is 6.36. The highest BCUT2D eigenvalue weighted by Gasteiger charge is 2.20. The van der Waals surface area contributed by atoms with Gasteiger partial charge in [-0.15, -0.1) is 0 Å². The van der Waals surface area contributed by atoms with Gasteiger partial charge in [0.25, 0.3) is 0 Å². The zero-order valence-corrected chi connectivity index (χ0v) is 16.4. The fraction of sp³-hybridized carbons (Fsp3) is 0.682. The Morgan fingerprint density at radius 3 is 2.60 bits per heavy atom. The summed E-state index contributed by atoms with van der Waals surface area (Å²) in [7, 11) is 0. The average molecular weight is 359 g/mol. The number of nitrogens with one attached hydrogen (secondary N) is 2. The predicted molar refractivity (Wildman–Crippen MR) is 111 cm³/mol. The Hall–Kier alpha value is -0.960. The molecule has 1 aliphatic heterocycles. The molecule has 3 aliphatic rings. The molecule has 0 bridgehead atoms. The minimum Gasteiger partial charge on any atom is -0.388 e. The van der Waals surface area contributed by atoms with Crippen LogP contribution in [-0.4, -0.2) is 11.1 Å². The number of hydrogen-bond acceptors (Lipinski definition) is 3. The van der Waals surface area contributed by atoms with Gasteiger partial charge in [0.05, 0.1) is 0 Å². The lowest BCUT2D eigenvalue weighted by atomic mass is 9.92. The van der Waals surface area contributed by atoms with E-state index in [2.05, 4.69) is 29.7 Å². The molecule has 3 heteroatoms. The quantitative estimate of drug-likeness (QED) is 0.548. The van der Waals surface area contributed by atoms with Crippen molar-refractivity contribution in [2.45, 2.75) is 89.5 Å². The van der Waals surface area contributed by atoms with Gasteiger partial charge in [-0.05, 0) is 61.8 Å². The minimum atomic E-state index is 0.610. The largest absolute Gasteiger partial charge is 0.388 e. The molecular weight excluding hydrogens is 324 g/mol. The molecule has 138 valence electrons. The second kappa shape index (κ2) is 10.3. The minimum absolute atomic E-state index is 0.610. The molecule has 0 aromatic carbocycles. The maximum absolute atomic E-state index is 8.32. The van der Waals surface area contributed by atoms with E-state index in [0.29, 0.717) is 6.04 Å². The van der Waals surface area contributed by atoms with Gasteiger partial charge in [0.15, 0.2) is 0 Å². The fourth-order valence-electron chi connectivity index (χ4n) is 4.19. The second-order valence-corrected chi connectivity index (χ2v) is 9.05. The van der Waals surface area contributed by atoms with Crippen LogP contribution in [0.2, 0.25) is 0 Å². The van der Waals surface area contributed by atoms with Crippen LogP contribution in [0.25, 0.3) is 0 Å². The number of thioether (sulfide) groups is 1. The van der Waals surface area contributed by atoms with Gasteiger partial charge in [-0.25, -0.2) is 0 Å². The maximum atomic E-state index is 8.32. The normalized spacial score (nSPS) is 29.4. The van der Waals surface area contributed by atoms with Crippen LogP contribution in [0.5, 0.6) is 0 Å². The molecule has 2 aliphatic carbocycles. The molecule has 0 spiro atoms. The third-order valence-electron chi connectivity index (χ3n) is 5.75. The third-order valence-corrected chi connectivity index (χ3v) is 6.74. The summed E-state index contributed by atoms with van der Waals surface area (Å²) in [5, 5.41) is 12.7. The lowest BCUT2D eigenvalue weighted by molar-refractivity contribution is 0.420. The van der Waals surface area contributed by atoms with Crippen molar-refractivity contribution in [3.05, 3.63) is 34.9 Å². The van der Waals surface area contributed by atoms with Gasteiger partial charge in [0.2, 0.25) is 0 Å². The first-order valence-corrected chi connectivity index (χ1v) is 11.2. The molecule has 0 aromatic rings. The first-order valence-electron chi connectivity index (χ1n) is 10.4. The molecule has 1 saturated carbocycles. The van der Waals surface area contributed by atoms with Crippen molar-refractivity contribution in [2.24, 2.45) is 5.92 Å². The Balaban J connectivity index is 1.53. The Kier molecular flexibility index (Phi) is 7.72. The summed E-state index contributed by atoms with van der Waals surface area (Å²) in [4.78, 5) is 1.40. The second-order valence-electron chi connectivity index (χ2n) is 7.91. The molecule has 0 amide bonds. The molecular formula is C22H34N2S. The van der Waals surface area contributed by atoms with Crippen LogP contribution in [0.1, 0.15) is 83.5 Å². The smallest absolute Gasteiger partial charge is 0.100 e. The maximum Gasteiger partial charge on any atom is 0.100 e. The highest BCUT2D eigenvalue weighted by molar-refractivity contribution is 8.18. The van der Waals surface area contributed by atoms with E-state index < -0.39 is 0 Å². The van der Waals surface area contributed by atoms with Crippen molar-refractivity contribution < 1.29 is 0 Å². The highest BCUT2D eigenvalue weighted by atomic mass is 32.2. The highest BCUT2D eigenvalue weighted by Crippen LogP contribution is 2.37. The van der Waals surface area contributed by atoms with Crippen LogP contribution in [-0.2, 0) is 0 Å². The molecule has 0 radical (unpaired) electrons. The number of rotatable bonds is 4. The van der Waals surface area contributed by atoms with E-state index in [-0.39, 0.29) is 0 Å². The monoisotopic (exact) mass is 358 g/mol. The standard InChI is InChI=1S/C22H34N2S/c23-22-19(17-24-20-13-9-5-2-6-10-14-20)16-21(25-22)15-18-11-7-3-1-4-8-12-18/h3,7,16-18,20,23-24H,1-2,4-6,8-15H2/b7-3-,19-17-,23-22?. The first kappa shape index (κ1) is 18.8.